The topological polar surface area (TPSA) is 44.5 Å². The summed E-state index contributed by atoms with van der Waals surface area (Å²) in [6, 6.07) is 10.3. The van der Waals surface area contributed by atoms with E-state index in [1.54, 1.807) is 32.4 Å². The molecule has 3 nitrogen and oxygen atoms in total. The minimum Gasteiger partial charge on any atom is -0.497 e. The Bertz CT molecular complexity index is 617. The lowest BCUT2D eigenvalue weighted by molar-refractivity contribution is 0.407. The molecule has 0 fully saturated rings. The highest BCUT2D eigenvalue weighted by molar-refractivity contribution is 6.31. The molecule has 1 atom stereocenters. The van der Waals surface area contributed by atoms with Crippen molar-refractivity contribution in [1.29, 1.82) is 0 Å². The fraction of sp³-hybridized carbons (Fsp3) is 0.200. The van der Waals surface area contributed by atoms with Crippen LogP contribution in [0.2, 0.25) is 10.0 Å². The van der Waals surface area contributed by atoms with Gasteiger partial charge in [-0.1, -0.05) is 35.3 Å². The number of ether oxygens (including phenoxy) is 2. The van der Waals surface area contributed by atoms with Gasteiger partial charge in [-0.25, -0.2) is 0 Å². The molecule has 5 heteroatoms. The molecule has 106 valence electrons. The van der Waals surface area contributed by atoms with Gasteiger partial charge in [0.1, 0.15) is 11.5 Å². The van der Waals surface area contributed by atoms with Crippen molar-refractivity contribution in [2.75, 3.05) is 14.2 Å². The third-order valence-corrected chi connectivity index (χ3v) is 3.64. The van der Waals surface area contributed by atoms with Gasteiger partial charge in [0.15, 0.2) is 0 Å². The molecule has 0 aliphatic rings. The van der Waals surface area contributed by atoms with Crippen LogP contribution in [0.1, 0.15) is 17.2 Å². The summed E-state index contributed by atoms with van der Waals surface area (Å²) in [7, 11) is 3.17. The van der Waals surface area contributed by atoms with Crippen LogP contribution in [0, 0.1) is 0 Å². The predicted molar refractivity (Wildman–Crippen MR) is 82.0 cm³/mol. The minimum absolute atomic E-state index is 0.402. The fourth-order valence-electron chi connectivity index (χ4n) is 2.00. The molecular weight excluding hydrogens is 297 g/mol. The molecule has 0 radical (unpaired) electrons. The Morgan fingerprint density at radius 3 is 2.25 bits per heavy atom. The fourth-order valence-corrected chi connectivity index (χ4v) is 2.45. The molecule has 0 saturated carbocycles. The van der Waals surface area contributed by atoms with Gasteiger partial charge in [0, 0.05) is 15.6 Å². The molecule has 0 aliphatic heterocycles. The Labute approximate surface area is 128 Å². The van der Waals surface area contributed by atoms with Gasteiger partial charge in [0.2, 0.25) is 0 Å². The Balaban J connectivity index is 2.43. The number of hydrogen-bond acceptors (Lipinski definition) is 3. The Hall–Kier alpha value is -1.42. The van der Waals surface area contributed by atoms with Crippen molar-refractivity contribution in [2.24, 2.45) is 5.73 Å². The van der Waals surface area contributed by atoms with Crippen molar-refractivity contribution in [1.82, 2.24) is 0 Å². The smallest absolute Gasteiger partial charge is 0.125 e. The van der Waals surface area contributed by atoms with Crippen LogP contribution in [0.25, 0.3) is 0 Å². The first-order valence-electron chi connectivity index (χ1n) is 5.99. The van der Waals surface area contributed by atoms with Crippen LogP contribution in [-0.4, -0.2) is 14.2 Å². The number of benzene rings is 2. The first-order chi connectivity index (χ1) is 9.56. The third-order valence-electron chi connectivity index (χ3n) is 3.07. The van der Waals surface area contributed by atoms with E-state index in [1.807, 2.05) is 18.2 Å². The quantitative estimate of drug-likeness (QED) is 0.926. The van der Waals surface area contributed by atoms with Gasteiger partial charge in [0.25, 0.3) is 0 Å². The van der Waals surface area contributed by atoms with E-state index in [0.29, 0.717) is 21.5 Å². The Kier molecular flexibility index (Phi) is 4.76. The monoisotopic (exact) mass is 311 g/mol. The van der Waals surface area contributed by atoms with Crippen molar-refractivity contribution >= 4 is 23.2 Å². The molecule has 2 aromatic carbocycles. The number of hydrogen-bond donors (Lipinski definition) is 1. The van der Waals surface area contributed by atoms with Gasteiger partial charge in [-0.2, -0.15) is 0 Å². The molecule has 0 aromatic heterocycles. The van der Waals surface area contributed by atoms with E-state index in [9.17, 15) is 0 Å². The molecule has 2 rings (SSSR count). The van der Waals surface area contributed by atoms with Crippen LogP contribution in [0.3, 0.4) is 0 Å². The second-order valence-corrected chi connectivity index (χ2v) is 5.10. The zero-order valence-corrected chi connectivity index (χ0v) is 12.7. The molecule has 1 unspecified atom stereocenters. The van der Waals surface area contributed by atoms with Gasteiger partial charge in [-0.3, -0.25) is 0 Å². The summed E-state index contributed by atoms with van der Waals surface area (Å²) in [6.45, 7) is 0. The largest absolute Gasteiger partial charge is 0.497 e. The molecular formula is C15H15Cl2NO2. The molecule has 20 heavy (non-hydrogen) atoms. The van der Waals surface area contributed by atoms with Gasteiger partial charge < -0.3 is 15.2 Å². The van der Waals surface area contributed by atoms with Crippen molar-refractivity contribution in [3.63, 3.8) is 0 Å². The van der Waals surface area contributed by atoms with E-state index in [-0.39, 0.29) is 0 Å². The summed E-state index contributed by atoms with van der Waals surface area (Å²) in [5.74, 6) is 1.32. The van der Waals surface area contributed by atoms with Crippen molar-refractivity contribution in [3.05, 3.63) is 57.6 Å². The zero-order chi connectivity index (χ0) is 14.7. The standard InChI is InChI=1S/C15H15Cl2NO2/c1-19-10-4-6-11(13(17)8-10)15(18)12-5-3-9(16)7-14(12)20-2/h3-8,15H,18H2,1-2H3. The molecule has 0 saturated heterocycles. The van der Waals surface area contributed by atoms with Gasteiger partial charge >= 0.3 is 0 Å². The maximum Gasteiger partial charge on any atom is 0.125 e. The summed E-state index contributed by atoms with van der Waals surface area (Å²) >= 11 is 12.2. The molecule has 0 bridgehead atoms. The highest BCUT2D eigenvalue weighted by Crippen LogP contribution is 2.34. The lowest BCUT2D eigenvalue weighted by Crippen LogP contribution is -2.13. The van der Waals surface area contributed by atoms with Gasteiger partial charge in [-0.05, 0) is 29.8 Å². The van der Waals surface area contributed by atoms with Gasteiger partial charge in [-0.15, -0.1) is 0 Å². The summed E-state index contributed by atoms with van der Waals surface area (Å²) in [4.78, 5) is 0. The van der Waals surface area contributed by atoms with Crippen LogP contribution >= 0.6 is 23.2 Å². The highest BCUT2D eigenvalue weighted by atomic mass is 35.5. The summed E-state index contributed by atoms with van der Waals surface area (Å²) in [5.41, 5.74) is 7.91. The second kappa shape index (κ2) is 6.35. The SMILES string of the molecule is COc1ccc(C(N)c2ccc(Cl)cc2OC)c(Cl)c1. The lowest BCUT2D eigenvalue weighted by Gasteiger charge is -2.18. The van der Waals surface area contributed by atoms with Crippen LogP contribution in [0.4, 0.5) is 0 Å². The predicted octanol–water partition coefficient (Wildman–Crippen LogP) is 4.06. The van der Waals surface area contributed by atoms with E-state index in [1.165, 1.54) is 0 Å². The van der Waals surface area contributed by atoms with E-state index in [2.05, 4.69) is 0 Å². The summed E-state index contributed by atoms with van der Waals surface area (Å²) in [5, 5.41) is 1.15. The summed E-state index contributed by atoms with van der Waals surface area (Å²) < 4.78 is 10.5. The average molecular weight is 312 g/mol. The number of nitrogens with two attached hydrogens (primary N) is 1. The van der Waals surface area contributed by atoms with Crippen LogP contribution in [0.15, 0.2) is 36.4 Å². The molecule has 0 spiro atoms. The van der Waals surface area contributed by atoms with Crippen LogP contribution in [-0.2, 0) is 0 Å². The molecule has 0 aliphatic carbocycles. The van der Waals surface area contributed by atoms with E-state index < -0.39 is 6.04 Å². The maximum atomic E-state index is 6.29. The highest BCUT2D eigenvalue weighted by Gasteiger charge is 2.17. The summed E-state index contributed by atoms with van der Waals surface area (Å²) in [6.07, 6.45) is 0. The average Bonchev–Trinajstić information content (AvgIpc) is 2.46. The molecule has 0 heterocycles. The Morgan fingerprint density at radius 2 is 1.65 bits per heavy atom. The normalized spacial score (nSPS) is 12.1. The maximum absolute atomic E-state index is 6.29. The van der Waals surface area contributed by atoms with Crippen LogP contribution in [0.5, 0.6) is 11.5 Å². The lowest BCUT2D eigenvalue weighted by atomic mass is 9.98. The van der Waals surface area contributed by atoms with Crippen molar-refractivity contribution in [3.8, 4) is 11.5 Å². The molecule has 0 amide bonds. The van der Waals surface area contributed by atoms with E-state index in [4.69, 9.17) is 38.4 Å². The van der Waals surface area contributed by atoms with Crippen molar-refractivity contribution in [2.45, 2.75) is 6.04 Å². The number of rotatable bonds is 4. The van der Waals surface area contributed by atoms with E-state index in [0.717, 1.165) is 11.1 Å². The third kappa shape index (κ3) is 3.01. The zero-order valence-electron chi connectivity index (χ0n) is 11.2. The molecule has 2 aromatic rings. The number of halogens is 2. The number of methoxy groups -OCH3 is 2. The second-order valence-electron chi connectivity index (χ2n) is 4.25. The first kappa shape index (κ1) is 15.0. The minimum atomic E-state index is -0.402. The molecule has 2 N–H and O–H groups in total. The van der Waals surface area contributed by atoms with Crippen molar-refractivity contribution < 1.29 is 9.47 Å². The Morgan fingerprint density at radius 1 is 0.950 bits per heavy atom. The van der Waals surface area contributed by atoms with Crippen LogP contribution < -0.4 is 15.2 Å². The van der Waals surface area contributed by atoms with Gasteiger partial charge in [0.05, 0.1) is 20.3 Å². The van der Waals surface area contributed by atoms with E-state index >= 15 is 0 Å². The first-order valence-corrected chi connectivity index (χ1v) is 6.75.